The molecule has 13 heavy (non-hydrogen) atoms. The molecular formula is C10H22N2O. The maximum absolute atomic E-state index is 11.5. The average molecular weight is 186 g/mol. The van der Waals surface area contributed by atoms with E-state index in [4.69, 9.17) is 0 Å². The predicted molar refractivity (Wildman–Crippen MR) is 55.6 cm³/mol. The Bertz CT molecular complexity index is 148. The van der Waals surface area contributed by atoms with Gasteiger partial charge in [-0.15, -0.1) is 0 Å². The van der Waals surface area contributed by atoms with Crippen molar-refractivity contribution in [3.05, 3.63) is 0 Å². The van der Waals surface area contributed by atoms with Gasteiger partial charge in [-0.1, -0.05) is 20.3 Å². The second-order valence-electron chi connectivity index (χ2n) is 3.43. The minimum absolute atomic E-state index is 0.0418. The highest BCUT2D eigenvalue weighted by atomic mass is 16.2. The van der Waals surface area contributed by atoms with Crippen LogP contribution in [0.1, 0.15) is 33.6 Å². The molecule has 1 amide bonds. The fourth-order valence-electron chi connectivity index (χ4n) is 1.58. The van der Waals surface area contributed by atoms with Crippen LogP contribution in [0.4, 0.5) is 0 Å². The van der Waals surface area contributed by atoms with Crippen molar-refractivity contribution in [3.8, 4) is 0 Å². The quantitative estimate of drug-likeness (QED) is 0.653. The Morgan fingerprint density at radius 3 is 2.38 bits per heavy atom. The molecule has 0 aliphatic rings. The number of carbonyl (C=O) groups is 1. The van der Waals surface area contributed by atoms with Crippen LogP contribution in [0.3, 0.4) is 0 Å². The number of hydrogen-bond acceptors (Lipinski definition) is 2. The second-order valence-corrected chi connectivity index (χ2v) is 3.43. The van der Waals surface area contributed by atoms with E-state index in [1.165, 1.54) is 0 Å². The first kappa shape index (κ1) is 12.4. The number of nitrogens with one attached hydrogen (secondary N) is 2. The van der Waals surface area contributed by atoms with Gasteiger partial charge in [0.25, 0.3) is 0 Å². The summed E-state index contributed by atoms with van der Waals surface area (Å²) in [5, 5.41) is 5.89. The van der Waals surface area contributed by atoms with Crippen LogP contribution in [0.2, 0.25) is 0 Å². The molecule has 0 bridgehead atoms. The van der Waals surface area contributed by atoms with Crippen LogP contribution < -0.4 is 10.6 Å². The van der Waals surface area contributed by atoms with E-state index in [9.17, 15) is 4.79 Å². The first-order chi connectivity index (χ1) is 6.17. The van der Waals surface area contributed by atoms with E-state index in [1.807, 2.05) is 14.0 Å². The third-order valence-electron chi connectivity index (χ3n) is 2.26. The molecule has 0 saturated heterocycles. The number of amides is 1. The van der Waals surface area contributed by atoms with Gasteiger partial charge in [-0.2, -0.15) is 0 Å². The number of rotatable bonds is 6. The Labute approximate surface area is 81.3 Å². The first-order valence-electron chi connectivity index (χ1n) is 5.12. The van der Waals surface area contributed by atoms with E-state index in [1.54, 1.807) is 0 Å². The summed E-state index contributed by atoms with van der Waals surface area (Å²) in [6, 6.07) is -0.0418. The van der Waals surface area contributed by atoms with E-state index in [2.05, 4.69) is 24.5 Å². The lowest BCUT2D eigenvalue weighted by Crippen LogP contribution is -2.46. The maximum Gasteiger partial charge on any atom is 0.237 e. The molecule has 78 valence electrons. The topological polar surface area (TPSA) is 41.1 Å². The van der Waals surface area contributed by atoms with Crippen molar-refractivity contribution in [1.29, 1.82) is 0 Å². The van der Waals surface area contributed by atoms with Gasteiger partial charge in [0, 0.05) is 6.54 Å². The van der Waals surface area contributed by atoms with Crippen LogP contribution in [-0.4, -0.2) is 25.5 Å². The molecule has 0 radical (unpaired) electrons. The molecule has 2 N–H and O–H groups in total. The molecule has 0 aliphatic heterocycles. The third kappa shape index (κ3) is 4.27. The Balaban J connectivity index is 4.06. The van der Waals surface area contributed by atoms with Crippen molar-refractivity contribution in [2.24, 2.45) is 5.92 Å². The highest BCUT2D eigenvalue weighted by molar-refractivity contribution is 5.81. The van der Waals surface area contributed by atoms with Crippen molar-refractivity contribution >= 4 is 5.91 Å². The molecule has 3 nitrogen and oxygen atoms in total. The summed E-state index contributed by atoms with van der Waals surface area (Å²) in [6.07, 6.45) is 2.21. The zero-order valence-electron chi connectivity index (χ0n) is 9.18. The lowest BCUT2D eigenvalue weighted by molar-refractivity contribution is -0.124. The number of likely N-dealkylation sites (N-methyl/N-ethyl adjacent to an activating group) is 2. The molecule has 0 spiro atoms. The molecule has 0 aliphatic carbocycles. The molecular weight excluding hydrogens is 164 g/mol. The van der Waals surface area contributed by atoms with Crippen LogP contribution in [0, 0.1) is 5.92 Å². The van der Waals surface area contributed by atoms with E-state index >= 15 is 0 Å². The van der Waals surface area contributed by atoms with Gasteiger partial charge in [-0.25, -0.2) is 0 Å². The monoisotopic (exact) mass is 186 g/mol. The molecule has 3 heteroatoms. The fraction of sp³-hybridized carbons (Fsp3) is 0.900. The van der Waals surface area contributed by atoms with Crippen LogP contribution >= 0.6 is 0 Å². The normalized spacial score (nSPS) is 15.1. The second kappa shape index (κ2) is 6.89. The highest BCUT2D eigenvalue weighted by Gasteiger charge is 2.21. The summed E-state index contributed by atoms with van der Waals surface area (Å²) >= 11 is 0. The van der Waals surface area contributed by atoms with Gasteiger partial charge in [0.2, 0.25) is 5.91 Å². The molecule has 0 aromatic heterocycles. The Hall–Kier alpha value is -0.570. The Kier molecular flexibility index (Phi) is 6.59. The van der Waals surface area contributed by atoms with Crippen molar-refractivity contribution in [2.75, 3.05) is 13.6 Å². The van der Waals surface area contributed by atoms with Crippen LogP contribution in [0.15, 0.2) is 0 Å². The number of hydrogen-bond donors (Lipinski definition) is 2. The smallest absolute Gasteiger partial charge is 0.237 e. The molecule has 0 aromatic rings. The molecule has 2 atom stereocenters. The molecule has 0 saturated carbocycles. The summed E-state index contributed by atoms with van der Waals surface area (Å²) < 4.78 is 0. The minimum atomic E-state index is -0.0418. The lowest BCUT2D eigenvalue weighted by Gasteiger charge is -2.21. The van der Waals surface area contributed by atoms with Crippen LogP contribution in [0.25, 0.3) is 0 Å². The van der Waals surface area contributed by atoms with Crippen molar-refractivity contribution < 1.29 is 4.79 Å². The van der Waals surface area contributed by atoms with E-state index < -0.39 is 0 Å². The van der Waals surface area contributed by atoms with Gasteiger partial charge in [0.15, 0.2) is 0 Å². The predicted octanol–water partition coefficient (Wildman–Crippen LogP) is 1.15. The molecule has 0 heterocycles. The Morgan fingerprint density at radius 2 is 2.00 bits per heavy atom. The van der Waals surface area contributed by atoms with Crippen LogP contribution in [-0.2, 0) is 4.79 Å². The largest absolute Gasteiger partial charge is 0.355 e. The highest BCUT2D eigenvalue weighted by Crippen LogP contribution is 2.10. The van der Waals surface area contributed by atoms with Gasteiger partial charge >= 0.3 is 0 Å². The average Bonchev–Trinajstić information content (AvgIpc) is 2.06. The van der Waals surface area contributed by atoms with E-state index in [-0.39, 0.29) is 11.9 Å². The van der Waals surface area contributed by atoms with Gasteiger partial charge in [-0.3, -0.25) is 4.79 Å². The zero-order valence-corrected chi connectivity index (χ0v) is 9.18. The third-order valence-corrected chi connectivity index (χ3v) is 2.26. The summed E-state index contributed by atoms with van der Waals surface area (Å²) in [5.41, 5.74) is 0. The van der Waals surface area contributed by atoms with Crippen molar-refractivity contribution in [3.63, 3.8) is 0 Å². The van der Waals surface area contributed by atoms with Gasteiger partial charge < -0.3 is 10.6 Å². The fourth-order valence-corrected chi connectivity index (χ4v) is 1.58. The maximum atomic E-state index is 11.5. The van der Waals surface area contributed by atoms with Crippen molar-refractivity contribution in [2.45, 2.75) is 39.7 Å². The lowest BCUT2D eigenvalue weighted by atomic mass is 9.96. The summed E-state index contributed by atoms with van der Waals surface area (Å²) in [6.45, 7) is 6.89. The standard InChI is InChI=1S/C10H22N2O/c1-5-7-8(3)9(11-4)10(13)12-6-2/h8-9,11H,5-7H2,1-4H3,(H,12,13). The van der Waals surface area contributed by atoms with Gasteiger partial charge in [0.1, 0.15) is 0 Å². The first-order valence-corrected chi connectivity index (χ1v) is 5.12. The minimum Gasteiger partial charge on any atom is -0.355 e. The number of carbonyl (C=O) groups excluding carboxylic acids is 1. The Morgan fingerprint density at radius 1 is 1.38 bits per heavy atom. The van der Waals surface area contributed by atoms with Crippen LogP contribution in [0.5, 0.6) is 0 Å². The molecule has 0 fully saturated rings. The molecule has 0 rings (SSSR count). The summed E-state index contributed by atoms with van der Waals surface area (Å²) in [7, 11) is 1.84. The van der Waals surface area contributed by atoms with E-state index in [0.717, 1.165) is 12.8 Å². The zero-order chi connectivity index (χ0) is 10.3. The van der Waals surface area contributed by atoms with Crippen molar-refractivity contribution in [1.82, 2.24) is 10.6 Å². The summed E-state index contributed by atoms with van der Waals surface area (Å²) in [5.74, 6) is 0.521. The molecule has 0 aromatic carbocycles. The molecule has 2 unspecified atom stereocenters. The van der Waals surface area contributed by atoms with Gasteiger partial charge in [-0.05, 0) is 26.3 Å². The summed E-state index contributed by atoms with van der Waals surface area (Å²) in [4.78, 5) is 11.5. The van der Waals surface area contributed by atoms with Gasteiger partial charge in [0.05, 0.1) is 6.04 Å². The SMILES string of the molecule is CCCC(C)C(NC)C(=O)NCC. The van der Waals surface area contributed by atoms with E-state index in [0.29, 0.717) is 12.5 Å².